The van der Waals surface area contributed by atoms with Crippen molar-refractivity contribution in [2.75, 3.05) is 7.11 Å². The summed E-state index contributed by atoms with van der Waals surface area (Å²) in [7, 11) is 1.31. The van der Waals surface area contributed by atoms with Crippen LogP contribution in [0.5, 0.6) is 0 Å². The second kappa shape index (κ2) is 4.01. The lowest BCUT2D eigenvalue weighted by Gasteiger charge is -2.13. The largest absolute Gasteiger partial charge is 0.354 e. The average molecular weight is 198 g/mol. The third kappa shape index (κ3) is 1.97. The van der Waals surface area contributed by atoms with Crippen molar-refractivity contribution in [1.82, 2.24) is 9.55 Å². The van der Waals surface area contributed by atoms with E-state index < -0.39 is 17.5 Å². The highest BCUT2D eigenvalue weighted by Crippen LogP contribution is 2.03. The van der Waals surface area contributed by atoms with Crippen LogP contribution in [0.3, 0.4) is 0 Å². The number of rotatable bonds is 3. The molecule has 0 aromatic carbocycles. The summed E-state index contributed by atoms with van der Waals surface area (Å²) in [6.07, 6.45) is 0.232. The first-order chi connectivity index (χ1) is 6.56. The Hall–Kier alpha value is -1.69. The number of aromatic nitrogens is 2. The van der Waals surface area contributed by atoms with Crippen LogP contribution in [0, 0.1) is 0 Å². The summed E-state index contributed by atoms with van der Waals surface area (Å²) in [5.41, 5.74) is -1.18. The summed E-state index contributed by atoms with van der Waals surface area (Å²) in [4.78, 5) is 35.0. The van der Waals surface area contributed by atoms with Gasteiger partial charge in [-0.15, -0.1) is 0 Å². The molecule has 0 radical (unpaired) electrons. The lowest BCUT2D eigenvalue weighted by molar-refractivity contribution is -0.132. The second-order valence-electron chi connectivity index (χ2n) is 2.72. The van der Waals surface area contributed by atoms with Crippen LogP contribution < -0.4 is 11.2 Å². The zero-order valence-corrected chi connectivity index (χ0v) is 7.81. The van der Waals surface area contributed by atoms with Gasteiger partial charge in [0.2, 0.25) is 0 Å². The van der Waals surface area contributed by atoms with Crippen LogP contribution in [-0.4, -0.2) is 22.4 Å². The van der Waals surface area contributed by atoms with E-state index in [1.54, 1.807) is 0 Å². The van der Waals surface area contributed by atoms with Gasteiger partial charge in [0, 0.05) is 19.4 Å². The number of ketones is 1. The topological polar surface area (TPSA) is 81.2 Å². The van der Waals surface area contributed by atoms with Gasteiger partial charge in [-0.1, -0.05) is 0 Å². The molecule has 1 unspecified atom stereocenters. The van der Waals surface area contributed by atoms with E-state index in [-0.39, 0.29) is 5.78 Å². The number of hydrogen-bond acceptors (Lipinski definition) is 4. The number of Topliss-reactive ketones (excluding diaryl/α,β-unsaturated/α-hetero) is 1. The fraction of sp³-hybridized carbons (Fsp3) is 0.375. The zero-order chi connectivity index (χ0) is 10.7. The van der Waals surface area contributed by atoms with Crippen LogP contribution >= 0.6 is 0 Å². The minimum atomic E-state index is -0.987. The Balaban J connectivity index is 3.24. The van der Waals surface area contributed by atoms with Crippen LogP contribution in [0.1, 0.15) is 13.2 Å². The van der Waals surface area contributed by atoms with Crippen LogP contribution in [-0.2, 0) is 9.53 Å². The van der Waals surface area contributed by atoms with Crippen LogP contribution in [0.25, 0.3) is 0 Å². The fourth-order valence-electron chi connectivity index (χ4n) is 1.09. The van der Waals surface area contributed by atoms with Gasteiger partial charge in [-0.25, -0.2) is 4.79 Å². The zero-order valence-electron chi connectivity index (χ0n) is 7.81. The van der Waals surface area contributed by atoms with Crippen molar-refractivity contribution in [3.8, 4) is 0 Å². The summed E-state index contributed by atoms with van der Waals surface area (Å²) in [5.74, 6) is -0.318. The maximum atomic E-state index is 11.2. The molecule has 0 spiro atoms. The Morgan fingerprint density at radius 2 is 2.21 bits per heavy atom. The molecule has 0 bridgehead atoms. The summed E-state index contributed by atoms with van der Waals surface area (Å²) in [6, 6.07) is 1.15. The quantitative estimate of drug-likeness (QED) is 0.694. The van der Waals surface area contributed by atoms with Gasteiger partial charge in [-0.2, -0.15) is 0 Å². The molecule has 1 aromatic rings. The van der Waals surface area contributed by atoms with Crippen LogP contribution in [0.15, 0.2) is 21.9 Å². The Labute approximate surface area is 79.1 Å². The summed E-state index contributed by atoms with van der Waals surface area (Å²) < 4.78 is 5.83. The molecule has 0 aliphatic carbocycles. The van der Waals surface area contributed by atoms with Gasteiger partial charge >= 0.3 is 5.69 Å². The molecule has 1 heterocycles. The van der Waals surface area contributed by atoms with Crippen LogP contribution in [0.2, 0.25) is 0 Å². The summed E-state index contributed by atoms with van der Waals surface area (Å²) in [6.45, 7) is 1.30. The fourth-order valence-corrected chi connectivity index (χ4v) is 1.09. The molecule has 1 atom stereocenters. The first-order valence-electron chi connectivity index (χ1n) is 3.91. The standard InChI is InChI=1S/C8H10N2O4/c1-5(11)7(14-2)10-4-3-6(12)9-8(10)13/h3-4,7H,1-2H3,(H,9,12,13). The highest BCUT2D eigenvalue weighted by atomic mass is 16.5. The number of ether oxygens (including phenoxy) is 1. The van der Waals surface area contributed by atoms with E-state index in [2.05, 4.69) is 0 Å². The lowest BCUT2D eigenvalue weighted by Crippen LogP contribution is -2.34. The predicted molar refractivity (Wildman–Crippen MR) is 48.0 cm³/mol. The molecule has 1 rings (SSSR count). The molecule has 0 aliphatic rings. The molecule has 0 fully saturated rings. The predicted octanol–water partition coefficient (Wildman–Crippen LogP) is -0.729. The number of hydrogen-bond donors (Lipinski definition) is 1. The van der Waals surface area contributed by atoms with E-state index in [9.17, 15) is 14.4 Å². The lowest BCUT2D eigenvalue weighted by atomic mass is 10.4. The number of carbonyl (C=O) groups is 1. The number of nitrogens with one attached hydrogen (secondary N) is 1. The first kappa shape index (κ1) is 10.4. The molecule has 0 aliphatic heterocycles. The molecule has 1 N–H and O–H groups in total. The minimum absolute atomic E-state index is 0.318. The minimum Gasteiger partial charge on any atom is -0.354 e. The average Bonchev–Trinajstić information content (AvgIpc) is 2.09. The Morgan fingerprint density at radius 3 is 2.64 bits per heavy atom. The Bertz CT molecular complexity index is 445. The van der Waals surface area contributed by atoms with Crippen molar-refractivity contribution in [2.45, 2.75) is 13.2 Å². The number of aromatic amines is 1. The molecule has 6 nitrogen and oxygen atoms in total. The monoisotopic (exact) mass is 198 g/mol. The Kier molecular flexibility index (Phi) is 2.98. The van der Waals surface area contributed by atoms with Crippen molar-refractivity contribution in [3.05, 3.63) is 33.1 Å². The third-order valence-electron chi connectivity index (χ3n) is 1.67. The highest BCUT2D eigenvalue weighted by Gasteiger charge is 2.15. The smallest absolute Gasteiger partial charge is 0.330 e. The molecule has 6 heteroatoms. The van der Waals surface area contributed by atoms with Crippen molar-refractivity contribution in [2.24, 2.45) is 0 Å². The van der Waals surface area contributed by atoms with E-state index in [0.717, 1.165) is 10.6 Å². The molecular weight excluding hydrogens is 188 g/mol. The number of methoxy groups -OCH3 is 1. The van der Waals surface area contributed by atoms with Gasteiger partial charge in [0.15, 0.2) is 12.0 Å². The van der Waals surface area contributed by atoms with Crippen molar-refractivity contribution < 1.29 is 9.53 Å². The van der Waals surface area contributed by atoms with E-state index in [1.165, 1.54) is 20.2 Å². The van der Waals surface area contributed by atoms with Crippen molar-refractivity contribution >= 4 is 5.78 Å². The maximum Gasteiger partial charge on any atom is 0.330 e. The van der Waals surface area contributed by atoms with Gasteiger partial charge in [-0.05, 0) is 6.92 Å². The van der Waals surface area contributed by atoms with E-state index >= 15 is 0 Å². The maximum absolute atomic E-state index is 11.2. The molecule has 0 saturated carbocycles. The van der Waals surface area contributed by atoms with Crippen molar-refractivity contribution in [1.29, 1.82) is 0 Å². The summed E-state index contributed by atoms with van der Waals surface area (Å²) in [5, 5.41) is 0. The molecule has 76 valence electrons. The van der Waals surface area contributed by atoms with Crippen molar-refractivity contribution in [3.63, 3.8) is 0 Å². The third-order valence-corrected chi connectivity index (χ3v) is 1.67. The van der Waals surface area contributed by atoms with Gasteiger partial charge < -0.3 is 4.74 Å². The number of H-pyrrole nitrogens is 1. The first-order valence-corrected chi connectivity index (χ1v) is 3.91. The number of nitrogens with zero attached hydrogens (tertiary/aromatic N) is 1. The van der Waals surface area contributed by atoms with Crippen LogP contribution in [0.4, 0.5) is 0 Å². The molecule has 0 amide bonds. The van der Waals surface area contributed by atoms with Gasteiger partial charge in [0.1, 0.15) is 0 Å². The van der Waals surface area contributed by atoms with Gasteiger partial charge in [-0.3, -0.25) is 19.1 Å². The number of carbonyl (C=O) groups excluding carboxylic acids is 1. The second-order valence-corrected chi connectivity index (χ2v) is 2.72. The SMILES string of the molecule is COC(C(C)=O)n1ccc(=O)[nH]c1=O. The van der Waals surface area contributed by atoms with E-state index in [4.69, 9.17) is 4.74 Å². The molecule has 0 saturated heterocycles. The normalized spacial score (nSPS) is 12.4. The van der Waals surface area contributed by atoms with E-state index in [0.29, 0.717) is 0 Å². The molecule has 1 aromatic heterocycles. The highest BCUT2D eigenvalue weighted by molar-refractivity contribution is 5.78. The summed E-state index contributed by atoms with van der Waals surface area (Å²) >= 11 is 0. The van der Waals surface area contributed by atoms with E-state index in [1.807, 2.05) is 4.98 Å². The molecule has 14 heavy (non-hydrogen) atoms. The van der Waals surface area contributed by atoms with Gasteiger partial charge in [0.25, 0.3) is 5.56 Å². The van der Waals surface area contributed by atoms with Gasteiger partial charge in [0.05, 0.1) is 0 Å². The molecular formula is C8H10N2O4. The Morgan fingerprint density at radius 1 is 1.57 bits per heavy atom.